The molecule has 0 radical (unpaired) electrons. The Hall–Kier alpha value is -1.78. The van der Waals surface area contributed by atoms with Crippen LogP contribution in [0.3, 0.4) is 0 Å². The lowest BCUT2D eigenvalue weighted by Crippen LogP contribution is -2.11. The highest BCUT2D eigenvalue weighted by Crippen LogP contribution is 2.44. The number of halogens is 1. The second-order valence-electron chi connectivity index (χ2n) is 4.61. The van der Waals surface area contributed by atoms with Crippen LogP contribution in [0, 0.1) is 0 Å². The van der Waals surface area contributed by atoms with Crippen LogP contribution in [-0.2, 0) is 0 Å². The number of carbonyl (C=O) groups is 1. The molecule has 1 atom stereocenters. The number of imidazole rings is 1. The first-order chi connectivity index (χ1) is 9.74. The van der Waals surface area contributed by atoms with Gasteiger partial charge in [0.15, 0.2) is 5.16 Å². The molecule has 0 spiro atoms. The SMILES string of the molecule is O=C1C(c2ccc(Cl)cc2)Sc2nc3ccccc3n21. The normalized spacial score (nSPS) is 17.6. The van der Waals surface area contributed by atoms with E-state index in [2.05, 4.69) is 4.98 Å². The molecule has 0 fully saturated rings. The minimum atomic E-state index is -0.237. The van der Waals surface area contributed by atoms with E-state index in [1.807, 2.05) is 48.5 Å². The molecule has 3 aromatic rings. The molecule has 3 nitrogen and oxygen atoms in total. The number of fused-ring (bicyclic) bond motifs is 3. The third-order valence-corrected chi connectivity index (χ3v) is 4.82. The third-order valence-electron chi connectivity index (χ3n) is 3.37. The average molecular weight is 301 g/mol. The number of thioether (sulfide) groups is 1. The Bertz CT molecular complexity index is 826. The third kappa shape index (κ3) is 1.69. The van der Waals surface area contributed by atoms with E-state index in [4.69, 9.17) is 11.6 Å². The molecule has 1 aliphatic rings. The summed E-state index contributed by atoms with van der Waals surface area (Å²) in [6.45, 7) is 0. The summed E-state index contributed by atoms with van der Waals surface area (Å²) in [6.07, 6.45) is 0. The molecule has 0 N–H and O–H groups in total. The van der Waals surface area contributed by atoms with E-state index in [0.29, 0.717) is 5.02 Å². The zero-order valence-corrected chi connectivity index (χ0v) is 11.9. The van der Waals surface area contributed by atoms with Gasteiger partial charge in [0.05, 0.1) is 11.0 Å². The second-order valence-corrected chi connectivity index (χ2v) is 6.11. The van der Waals surface area contributed by atoms with E-state index in [1.165, 1.54) is 11.8 Å². The van der Waals surface area contributed by atoms with Crippen molar-refractivity contribution in [3.05, 3.63) is 59.1 Å². The number of hydrogen-bond acceptors (Lipinski definition) is 3. The van der Waals surface area contributed by atoms with Crippen LogP contribution < -0.4 is 0 Å². The molecule has 2 heterocycles. The maximum absolute atomic E-state index is 12.6. The number of rotatable bonds is 1. The Labute approximate surface area is 124 Å². The van der Waals surface area contributed by atoms with Crippen LogP contribution in [0.25, 0.3) is 11.0 Å². The average Bonchev–Trinajstić information content (AvgIpc) is 2.97. The number of hydrogen-bond donors (Lipinski definition) is 0. The maximum Gasteiger partial charge on any atom is 0.251 e. The van der Waals surface area contributed by atoms with Gasteiger partial charge in [0, 0.05) is 5.02 Å². The molecule has 4 rings (SSSR count). The zero-order valence-electron chi connectivity index (χ0n) is 10.3. The first-order valence-electron chi connectivity index (χ1n) is 6.18. The van der Waals surface area contributed by atoms with Gasteiger partial charge in [-0.05, 0) is 29.8 Å². The number of para-hydroxylation sites is 2. The fourth-order valence-corrected chi connectivity index (χ4v) is 3.70. The molecule has 1 aromatic heterocycles. The van der Waals surface area contributed by atoms with Crippen LogP contribution in [-0.4, -0.2) is 15.5 Å². The summed E-state index contributed by atoms with van der Waals surface area (Å²) < 4.78 is 1.71. The van der Waals surface area contributed by atoms with E-state index in [0.717, 1.165) is 21.8 Å². The number of nitrogens with zero attached hydrogens (tertiary/aromatic N) is 2. The highest BCUT2D eigenvalue weighted by molar-refractivity contribution is 8.00. The predicted octanol–water partition coefficient (Wildman–Crippen LogP) is 4.18. The molecule has 0 saturated heterocycles. The topological polar surface area (TPSA) is 34.9 Å². The van der Waals surface area contributed by atoms with Crippen LogP contribution in [0.5, 0.6) is 0 Å². The summed E-state index contributed by atoms with van der Waals surface area (Å²) >= 11 is 7.38. The fourth-order valence-electron chi connectivity index (χ4n) is 2.42. The molecule has 98 valence electrons. The van der Waals surface area contributed by atoms with E-state index in [1.54, 1.807) is 4.57 Å². The molecule has 1 unspecified atom stereocenters. The monoisotopic (exact) mass is 300 g/mol. The van der Waals surface area contributed by atoms with Gasteiger partial charge in [-0.25, -0.2) is 4.98 Å². The molecular weight excluding hydrogens is 292 g/mol. The van der Waals surface area contributed by atoms with Crippen LogP contribution in [0.15, 0.2) is 53.7 Å². The largest absolute Gasteiger partial charge is 0.272 e. The van der Waals surface area contributed by atoms with E-state index in [-0.39, 0.29) is 11.2 Å². The summed E-state index contributed by atoms with van der Waals surface area (Å²) in [5.74, 6) is 0.0565. The van der Waals surface area contributed by atoms with Gasteiger partial charge in [-0.3, -0.25) is 9.36 Å². The highest BCUT2D eigenvalue weighted by Gasteiger charge is 2.35. The number of carbonyl (C=O) groups excluding carboxylic acids is 1. The van der Waals surface area contributed by atoms with Gasteiger partial charge in [-0.2, -0.15) is 0 Å². The van der Waals surface area contributed by atoms with Gasteiger partial charge >= 0.3 is 0 Å². The van der Waals surface area contributed by atoms with Crippen LogP contribution >= 0.6 is 23.4 Å². The standard InChI is InChI=1S/C15H9ClN2OS/c16-10-7-5-9(6-8-10)13-14(19)18-12-4-2-1-3-11(12)17-15(18)20-13/h1-8,13H. The van der Waals surface area contributed by atoms with Gasteiger partial charge in [0.25, 0.3) is 5.91 Å². The van der Waals surface area contributed by atoms with Crippen molar-refractivity contribution in [1.29, 1.82) is 0 Å². The molecule has 1 aliphatic heterocycles. The van der Waals surface area contributed by atoms with Crippen LogP contribution in [0.4, 0.5) is 0 Å². The van der Waals surface area contributed by atoms with Crippen molar-refractivity contribution in [1.82, 2.24) is 9.55 Å². The lowest BCUT2D eigenvalue weighted by Gasteiger charge is -2.07. The molecule has 5 heteroatoms. The Morgan fingerprint density at radius 2 is 1.85 bits per heavy atom. The van der Waals surface area contributed by atoms with Crippen molar-refractivity contribution in [3.63, 3.8) is 0 Å². The number of benzene rings is 2. The van der Waals surface area contributed by atoms with Crippen LogP contribution in [0.2, 0.25) is 5.02 Å². The molecule has 0 bridgehead atoms. The first kappa shape index (κ1) is 12.0. The quantitative estimate of drug-likeness (QED) is 0.676. The van der Waals surface area contributed by atoms with Crippen molar-refractivity contribution >= 4 is 40.3 Å². The van der Waals surface area contributed by atoms with E-state index in [9.17, 15) is 4.79 Å². The van der Waals surface area contributed by atoms with Gasteiger partial charge in [-0.15, -0.1) is 0 Å². The Balaban J connectivity index is 1.81. The minimum Gasteiger partial charge on any atom is -0.272 e. The summed E-state index contributed by atoms with van der Waals surface area (Å²) in [6, 6.07) is 15.1. The summed E-state index contributed by atoms with van der Waals surface area (Å²) in [5.41, 5.74) is 2.69. The van der Waals surface area contributed by atoms with Crippen LogP contribution in [0.1, 0.15) is 15.6 Å². The summed E-state index contributed by atoms with van der Waals surface area (Å²) in [4.78, 5) is 17.1. The van der Waals surface area contributed by atoms with Gasteiger partial charge in [0.1, 0.15) is 5.25 Å². The molecule has 0 saturated carbocycles. The molecule has 0 aliphatic carbocycles. The Morgan fingerprint density at radius 1 is 1.10 bits per heavy atom. The second kappa shape index (κ2) is 4.36. The predicted molar refractivity (Wildman–Crippen MR) is 80.4 cm³/mol. The number of aromatic nitrogens is 2. The lowest BCUT2D eigenvalue weighted by atomic mass is 10.1. The summed E-state index contributed by atoms with van der Waals surface area (Å²) in [5, 5.41) is 1.20. The van der Waals surface area contributed by atoms with Gasteiger partial charge in [0.2, 0.25) is 0 Å². The van der Waals surface area contributed by atoms with Crippen molar-refractivity contribution in [2.75, 3.05) is 0 Å². The smallest absolute Gasteiger partial charge is 0.251 e. The van der Waals surface area contributed by atoms with Gasteiger partial charge < -0.3 is 0 Å². The van der Waals surface area contributed by atoms with Crippen molar-refractivity contribution in [3.8, 4) is 0 Å². The van der Waals surface area contributed by atoms with Crippen molar-refractivity contribution in [2.24, 2.45) is 0 Å². The van der Waals surface area contributed by atoms with E-state index >= 15 is 0 Å². The Morgan fingerprint density at radius 3 is 2.65 bits per heavy atom. The highest BCUT2D eigenvalue weighted by atomic mass is 35.5. The molecule has 20 heavy (non-hydrogen) atoms. The van der Waals surface area contributed by atoms with E-state index < -0.39 is 0 Å². The van der Waals surface area contributed by atoms with Gasteiger partial charge in [-0.1, -0.05) is 47.6 Å². The van der Waals surface area contributed by atoms with Crippen molar-refractivity contribution < 1.29 is 4.79 Å². The summed E-state index contributed by atoms with van der Waals surface area (Å²) in [7, 11) is 0. The lowest BCUT2D eigenvalue weighted by molar-refractivity contribution is 0.0915. The molecular formula is C15H9ClN2OS. The first-order valence-corrected chi connectivity index (χ1v) is 7.43. The molecule has 0 amide bonds. The maximum atomic E-state index is 12.6. The zero-order chi connectivity index (χ0) is 13.7. The molecule has 2 aromatic carbocycles. The minimum absolute atomic E-state index is 0.0565. The fraction of sp³-hybridized carbons (Fsp3) is 0.0667. The van der Waals surface area contributed by atoms with Crippen molar-refractivity contribution in [2.45, 2.75) is 10.4 Å². The Kier molecular flexibility index (Phi) is 2.62.